The van der Waals surface area contributed by atoms with Gasteiger partial charge in [0.05, 0.1) is 17.5 Å². The molecule has 0 aliphatic carbocycles. The summed E-state index contributed by atoms with van der Waals surface area (Å²) in [5.41, 5.74) is -1.04. The molecule has 1 heterocycles. The van der Waals surface area contributed by atoms with E-state index in [1.54, 1.807) is 26.2 Å². The second kappa shape index (κ2) is 8.03. The highest BCUT2D eigenvalue weighted by Crippen LogP contribution is 2.23. The first-order valence-electron chi connectivity index (χ1n) is 7.92. The highest BCUT2D eigenvalue weighted by molar-refractivity contribution is 7.89. The van der Waals surface area contributed by atoms with Crippen molar-refractivity contribution in [3.05, 3.63) is 16.3 Å². The molecule has 0 radical (unpaired) electrons. The molecule has 9 heteroatoms. The lowest BCUT2D eigenvalue weighted by Crippen LogP contribution is -2.51. The van der Waals surface area contributed by atoms with Crippen LogP contribution in [0.2, 0.25) is 0 Å². The Balaban J connectivity index is 2.85. The number of carbonyl (C=O) groups is 1. The summed E-state index contributed by atoms with van der Waals surface area (Å²) in [6, 6.07) is 0.972. The number of hydrogen-bond donors (Lipinski definition) is 3. The molecule has 0 aliphatic rings. The van der Waals surface area contributed by atoms with E-state index in [0.717, 1.165) is 0 Å². The van der Waals surface area contributed by atoms with E-state index in [1.807, 2.05) is 20.8 Å². The smallest absolute Gasteiger partial charge is 0.407 e. The van der Waals surface area contributed by atoms with Crippen LogP contribution in [0.5, 0.6) is 0 Å². The van der Waals surface area contributed by atoms with E-state index in [4.69, 9.17) is 4.74 Å². The highest BCUT2D eigenvalue weighted by atomic mass is 32.2. The first-order valence-corrected chi connectivity index (χ1v) is 10.3. The Bertz CT molecular complexity index is 684. The third-order valence-electron chi connectivity index (χ3n) is 3.35. The minimum atomic E-state index is -3.78. The Morgan fingerprint density at radius 3 is 2.36 bits per heavy atom. The largest absolute Gasteiger partial charge is 0.444 e. The molecule has 0 saturated heterocycles. The predicted molar refractivity (Wildman–Crippen MR) is 98.0 cm³/mol. The van der Waals surface area contributed by atoms with Gasteiger partial charge in [-0.1, -0.05) is 20.8 Å². The maximum atomic E-state index is 12.5. The molecule has 1 aromatic heterocycles. The van der Waals surface area contributed by atoms with Gasteiger partial charge in [-0.3, -0.25) is 0 Å². The zero-order valence-corrected chi connectivity index (χ0v) is 17.2. The lowest BCUT2D eigenvalue weighted by molar-refractivity contribution is 0.0466. The fourth-order valence-corrected chi connectivity index (χ4v) is 4.32. The monoisotopic (exact) mass is 392 g/mol. The Labute approximate surface area is 153 Å². The van der Waals surface area contributed by atoms with Gasteiger partial charge >= 0.3 is 6.09 Å². The molecule has 25 heavy (non-hydrogen) atoms. The van der Waals surface area contributed by atoms with E-state index in [1.165, 1.54) is 17.4 Å². The number of aliphatic hydroxyl groups excluding tert-OH is 1. The van der Waals surface area contributed by atoms with Crippen LogP contribution in [0.25, 0.3) is 0 Å². The summed E-state index contributed by atoms with van der Waals surface area (Å²) in [6.07, 6.45) is -0.599. The maximum absolute atomic E-state index is 12.5. The molecule has 3 N–H and O–H groups in total. The van der Waals surface area contributed by atoms with Crippen molar-refractivity contribution in [2.75, 3.05) is 6.54 Å². The molecule has 1 rings (SSSR count). The van der Waals surface area contributed by atoms with E-state index in [0.29, 0.717) is 4.88 Å². The lowest BCUT2D eigenvalue weighted by Gasteiger charge is -2.32. The van der Waals surface area contributed by atoms with Gasteiger partial charge in [0, 0.05) is 11.4 Å². The van der Waals surface area contributed by atoms with Gasteiger partial charge < -0.3 is 15.2 Å². The molecule has 144 valence electrons. The van der Waals surface area contributed by atoms with Gasteiger partial charge in [0.1, 0.15) is 5.60 Å². The minimum absolute atomic E-state index is 0.00575. The summed E-state index contributed by atoms with van der Waals surface area (Å²) in [6.45, 7) is 10.6. The zero-order chi connectivity index (χ0) is 19.5. The normalized spacial score (nSPS) is 14.2. The lowest BCUT2D eigenvalue weighted by atomic mass is 9.87. The Morgan fingerprint density at radius 1 is 1.28 bits per heavy atom. The summed E-state index contributed by atoms with van der Waals surface area (Å²) in [5, 5.41) is 13.6. The molecule has 1 amide bonds. The Morgan fingerprint density at radius 2 is 1.88 bits per heavy atom. The maximum Gasteiger partial charge on any atom is 0.407 e. The zero-order valence-electron chi connectivity index (χ0n) is 15.5. The second-order valence-corrected chi connectivity index (χ2v) is 10.5. The SMILES string of the molecule is CC(C)(C)OC(=O)N[C@H](CNS(=O)(=O)c1ccsc1CO)C(C)(C)C. The molecule has 0 aliphatic heterocycles. The predicted octanol–water partition coefficient (Wildman–Crippen LogP) is 2.46. The number of aliphatic hydroxyl groups is 1. The second-order valence-electron chi connectivity index (χ2n) is 7.78. The van der Waals surface area contributed by atoms with Gasteiger partial charge in [0.25, 0.3) is 0 Å². The van der Waals surface area contributed by atoms with Crippen molar-refractivity contribution in [2.45, 2.75) is 64.7 Å². The van der Waals surface area contributed by atoms with Crippen molar-refractivity contribution in [3.63, 3.8) is 0 Å². The van der Waals surface area contributed by atoms with Gasteiger partial charge in [-0.2, -0.15) is 0 Å². The number of sulfonamides is 1. The first-order chi connectivity index (χ1) is 11.3. The van der Waals surface area contributed by atoms with Crippen LogP contribution in [0, 0.1) is 5.41 Å². The number of thiophene rings is 1. The molecule has 0 fully saturated rings. The number of hydrogen-bond acceptors (Lipinski definition) is 6. The van der Waals surface area contributed by atoms with Crippen LogP contribution in [0.4, 0.5) is 4.79 Å². The molecule has 0 spiro atoms. The fourth-order valence-electron chi connectivity index (χ4n) is 1.98. The summed E-state index contributed by atoms with van der Waals surface area (Å²) >= 11 is 1.17. The Hall–Kier alpha value is -1.16. The number of rotatable bonds is 6. The first kappa shape index (κ1) is 21.9. The number of carbonyl (C=O) groups excluding carboxylic acids is 1. The average Bonchev–Trinajstić information content (AvgIpc) is 2.89. The summed E-state index contributed by atoms with van der Waals surface area (Å²) < 4.78 is 32.7. The van der Waals surface area contributed by atoms with E-state index >= 15 is 0 Å². The number of ether oxygens (including phenoxy) is 1. The minimum Gasteiger partial charge on any atom is -0.444 e. The van der Waals surface area contributed by atoms with E-state index in [2.05, 4.69) is 10.0 Å². The third kappa shape index (κ3) is 6.93. The van der Waals surface area contributed by atoms with Crippen LogP contribution in [0.3, 0.4) is 0 Å². The average molecular weight is 393 g/mol. The van der Waals surface area contributed by atoms with Crippen molar-refractivity contribution in [1.82, 2.24) is 10.0 Å². The van der Waals surface area contributed by atoms with E-state index in [9.17, 15) is 18.3 Å². The van der Waals surface area contributed by atoms with Crippen molar-refractivity contribution in [3.8, 4) is 0 Å². The molecular formula is C16H28N2O5S2. The van der Waals surface area contributed by atoms with Crippen LogP contribution in [0.1, 0.15) is 46.4 Å². The molecule has 1 atom stereocenters. The van der Waals surface area contributed by atoms with Gasteiger partial charge in [0.2, 0.25) is 10.0 Å². The van der Waals surface area contributed by atoms with Crippen LogP contribution < -0.4 is 10.0 Å². The van der Waals surface area contributed by atoms with Crippen molar-refractivity contribution in [1.29, 1.82) is 0 Å². The molecule has 0 bridgehead atoms. The van der Waals surface area contributed by atoms with Gasteiger partial charge in [0.15, 0.2) is 0 Å². The number of nitrogens with one attached hydrogen (secondary N) is 2. The van der Waals surface area contributed by atoms with E-state index < -0.39 is 33.2 Å². The quantitative estimate of drug-likeness (QED) is 0.690. The molecule has 1 aromatic rings. The van der Waals surface area contributed by atoms with Gasteiger partial charge in [-0.05, 0) is 37.6 Å². The van der Waals surface area contributed by atoms with Crippen LogP contribution in [-0.2, 0) is 21.4 Å². The summed E-state index contributed by atoms with van der Waals surface area (Å²) in [7, 11) is -3.78. The molecular weight excluding hydrogens is 364 g/mol. The molecule has 0 unspecified atom stereocenters. The summed E-state index contributed by atoms with van der Waals surface area (Å²) in [4.78, 5) is 12.5. The van der Waals surface area contributed by atoms with Gasteiger partial charge in [-0.25, -0.2) is 17.9 Å². The topological polar surface area (TPSA) is 105 Å². The fraction of sp³-hybridized carbons (Fsp3) is 0.688. The van der Waals surface area contributed by atoms with Crippen LogP contribution in [0.15, 0.2) is 16.3 Å². The van der Waals surface area contributed by atoms with Gasteiger partial charge in [-0.15, -0.1) is 11.3 Å². The molecule has 7 nitrogen and oxygen atoms in total. The van der Waals surface area contributed by atoms with Crippen LogP contribution in [-0.4, -0.2) is 37.8 Å². The van der Waals surface area contributed by atoms with Crippen molar-refractivity contribution in [2.24, 2.45) is 5.41 Å². The summed E-state index contributed by atoms with van der Waals surface area (Å²) in [5.74, 6) is 0. The van der Waals surface area contributed by atoms with Crippen LogP contribution >= 0.6 is 11.3 Å². The standard InChI is InChI=1S/C16H28N2O5S2/c1-15(2,3)13(18-14(20)23-16(4,5)6)9-17-25(21,22)12-7-8-24-11(12)10-19/h7-8,13,17,19H,9-10H2,1-6H3,(H,18,20)/t13-/m1/s1. The van der Waals surface area contributed by atoms with Crippen molar-refractivity contribution >= 4 is 27.5 Å². The van der Waals surface area contributed by atoms with Crippen molar-refractivity contribution < 1.29 is 23.1 Å². The molecule has 0 saturated carbocycles. The highest BCUT2D eigenvalue weighted by Gasteiger charge is 2.30. The number of alkyl carbamates (subject to hydrolysis) is 1. The van der Waals surface area contributed by atoms with E-state index in [-0.39, 0.29) is 18.0 Å². The molecule has 0 aromatic carbocycles. The third-order valence-corrected chi connectivity index (χ3v) is 5.89. The Kier molecular flexibility index (Phi) is 7.03. The number of amides is 1.